The molecule has 1 aliphatic heterocycles. The number of hydrogen-bond donors (Lipinski definition) is 2. The monoisotopic (exact) mass is 421 g/mol. The molecule has 2 aromatic carbocycles. The van der Waals surface area contributed by atoms with Gasteiger partial charge in [-0.2, -0.15) is 0 Å². The summed E-state index contributed by atoms with van der Waals surface area (Å²) < 4.78 is 5.25. The molecule has 0 unspecified atom stereocenters. The number of benzene rings is 2. The lowest BCUT2D eigenvalue weighted by Gasteiger charge is -2.30. The Morgan fingerprint density at radius 2 is 1.68 bits per heavy atom. The number of quaternary nitrogens is 2. The van der Waals surface area contributed by atoms with Crippen LogP contribution in [0.25, 0.3) is 6.08 Å². The van der Waals surface area contributed by atoms with Crippen molar-refractivity contribution in [3.05, 3.63) is 71.8 Å². The molecule has 0 radical (unpaired) electrons. The Labute approximate surface area is 185 Å². The average molecular weight is 422 g/mol. The second kappa shape index (κ2) is 10.6. The Morgan fingerprint density at radius 1 is 1.00 bits per heavy atom. The van der Waals surface area contributed by atoms with Gasteiger partial charge in [0.1, 0.15) is 31.9 Å². The molecule has 2 aromatic rings. The van der Waals surface area contributed by atoms with Crippen LogP contribution < -0.4 is 14.5 Å². The zero-order chi connectivity index (χ0) is 21.5. The first-order valence-corrected chi connectivity index (χ1v) is 11.5. The molecule has 0 atom stereocenters. The maximum absolute atomic E-state index is 13.1. The standard InChI is InChI=1S/C26H33N3O2/c1-31-25-13-9-23(10-14-25)20-29(24-11-12-24)26(30)21-28-18-16-27(17-19-28)15-5-8-22-6-3-2-4-7-22/h2-10,13-14,24H,11-12,15-21H2,1H3/p+2/b8-5+. The lowest BCUT2D eigenvalue weighted by Crippen LogP contribution is -3.28. The molecule has 1 saturated carbocycles. The summed E-state index contributed by atoms with van der Waals surface area (Å²) in [6.45, 7) is 6.79. The number of rotatable bonds is 9. The van der Waals surface area contributed by atoms with Crippen LogP contribution in [0.5, 0.6) is 5.75 Å². The number of ether oxygens (including phenoxy) is 1. The summed E-state index contributed by atoms with van der Waals surface area (Å²) in [6.07, 6.45) is 6.78. The molecular weight excluding hydrogens is 386 g/mol. The van der Waals surface area contributed by atoms with Gasteiger partial charge < -0.3 is 19.4 Å². The maximum Gasteiger partial charge on any atom is 0.278 e. The summed E-state index contributed by atoms with van der Waals surface area (Å²) in [5, 5.41) is 0. The molecule has 5 heteroatoms. The van der Waals surface area contributed by atoms with Gasteiger partial charge in [-0.1, -0.05) is 48.5 Å². The van der Waals surface area contributed by atoms with Crippen LogP contribution in [0.4, 0.5) is 0 Å². The van der Waals surface area contributed by atoms with Gasteiger partial charge in [0, 0.05) is 12.6 Å². The lowest BCUT2D eigenvalue weighted by atomic mass is 10.2. The molecule has 5 nitrogen and oxygen atoms in total. The first-order chi connectivity index (χ1) is 15.2. The van der Waals surface area contributed by atoms with Crippen molar-refractivity contribution in [1.82, 2.24) is 4.90 Å². The smallest absolute Gasteiger partial charge is 0.278 e. The van der Waals surface area contributed by atoms with Crippen LogP contribution in [0.2, 0.25) is 0 Å². The zero-order valence-electron chi connectivity index (χ0n) is 18.6. The number of methoxy groups -OCH3 is 1. The highest BCUT2D eigenvalue weighted by Gasteiger charge is 2.35. The summed E-state index contributed by atoms with van der Waals surface area (Å²) in [5.41, 5.74) is 2.43. The third-order valence-corrected chi connectivity index (χ3v) is 6.40. The predicted molar refractivity (Wildman–Crippen MR) is 123 cm³/mol. The molecule has 2 aliphatic rings. The Morgan fingerprint density at radius 3 is 2.32 bits per heavy atom. The minimum absolute atomic E-state index is 0.306. The van der Waals surface area contributed by atoms with E-state index in [4.69, 9.17) is 4.74 Å². The van der Waals surface area contributed by atoms with Crippen molar-refractivity contribution in [2.75, 3.05) is 46.4 Å². The van der Waals surface area contributed by atoms with Gasteiger partial charge in [0.05, 0.1) is 13.7 Å². The van der Waals surface area contributed by atoms with Gasteiger partial charge >= 0.3 is 0 Å². The molecule has 0 bridgehead atoms. The molecule has 0 spiro atoms. The van der Waals surface area contributed by atoms with E-state index in [0.29, 0.717) is 25.0 Å². The molecule has 1 heterocycles. The summed E-state index contributed by atoms with van der Waals surface area (Å²) in [5.74, 6) is 1.16. The van der Waals surface area contributed by atoms with Crippen molar-refractivity contribution in [2.45, 2.75) is 25.4 Å². The quantitative estimate of drug-likeness (QED) is 0.625. The Balaban J connectivity index is 1.23. The third kappa shape index (κ3) is 6.42. The average Bonchev–Trinajstić information content (AvgIpc) is 3.65. The van der Waals surface area contributed by atoms with E-state index < -0.39 is 0 Å². The zero-order valence-corrected chi connectivity index (χ0v) is 18.6. The highest BCUT2D eigenvalue weighted by atomic mass is 16.5. The van der Waals surface area contributed by atoms with Gasteiger partial charge in [0.25, 0.3) is 5.91 Å². The normalized spacial score (nSPS) is 21.2. The van der Waals surface area contributed by atoms with E-state index in [0.717, 1.165) is 51.3 Å². The second-order valence-corrected chi connectivity index (χ2v) is 8.79. The van der Waals surface area contributed by atoms with Crippen LogP contribution in [0.1, 0.15) is 24.0 Å². The van der Waals surface area contributed by atoms with Crippen molar-refractivity contribution in [3.63, 3.8) is 0 Å². The van der Waals surface area contributed by atoms with E-state index in [9.17, 15) is 4.79 Å². The van der Waals surface area contributed by atoms with Crippen LogP contribution in [-0.2, 0) is 11.3 Å². The minimum Gasteiger partial charge on any atom is -0.497 e. The number of nitrogens with one attached hydrogen (secondary N) is 2. The van der Waals surface area contributed by atoms with Gasteiger partial charge in [-0.25, -0.2) is 0 Å². The third-order valence-electron chi connectivity index (χ3n) is 6.40. The fourth-order valence-electron chi connectivity index (χ4n) is 4.31. The Kier molecular flexibility index (Phi) is 7.39. The van der Waals surface area contributed by atoms with E-state index in [1.165, 1.54) is 16.0 Å². The number of hydrogen-bond acceptors (Lipinski definition) is 2. The fourth-order valence-corrected chi connectivity index (χ4v) is 4.31. The molecule has 1 amide bonds. The van der Waals surface area contributed by atoms with E-state index in [1.54, 1.807) is 12.0 Å². The maximum atomic E-state index is 13.1. The van der Waals surface area contributed by atoms with E-state index >= 15 is 0 Å². The van der Waals surface area contributed by atoms with Gasteiger partial charge in [-0.05, 0) is 42.2 Å². The number of nitrogens with zero attached hydrogens (tertiary/aromatic N) is 1. The molecule has 31 heavy (non-hydrogen) atoms. The van der Waals surface area contributed by atoms with Crippen LogP contribution >= 0.6 is 0 Å². The van der Waals surface area contributed by atoms with Gasteiger partial charge in [0.2, 0.25) is 0 Å². The minimum atomic E-state index is 0.306. The topological polar surface area (TPSA) is 38.4 Å². The highest BCUT2D eigenvalue weighted by molar-refractivity contribution is 5.77. The number of piperazine rings is 1. The molecule has 2 fully saturated rings. The Bertz CT molecular complexity index is 854. The molecule has 2 N–H and O–H groups in total. The largest absolute Gasteiger partial charge is 0.497 e. The summed E-state index contributed by atoms with van der Waals surface area (Å²) in [4.78, 5) is 18.2. The number of amides is 1. The molecule has 1 saturated heterocycles. The number of carbonyl (C=O) groups excluding carboxylic acids is 1. The van der Waals surface area contributed by atoms with Crippen molar-refractivity contribution < 1.29 is 19.3 Å². The molecule has 1 aliphatic carbocycles. The van der Waals surface area contributed by atoms with Crippen molar-refractivity contribution in [3.8, 4) is 5.75 Å². The molecular formula is C26H35N3O2+2. The van der Waals surface area contributed by atoms with E-state index in [2.05, 4.69) is 53.5 Å². The van der Waals surface area contributed by atoms with Gasteiger partial charge in [-0.3, -0.25) is 4.79 Å². The van der Waals surface area contributed by atoms with Gasteiger partial charge in [-0.15, -0.1) is 0 Å². The fraction of sp³-hybridized carbons (Fsp3) is 0.423. The van der Waals surface area contributed by atoms with Crippen LogP contribution in [0.15, 0.2) is 60.7 Å². The predicted octanol–water partition coefficient (Wildman–Crippen LogP) is 0.683. The van der Waals surface area contributed by atoms with Gasteiger partial charge in [0.15, 0.2) is 6.54 Å². The van der Waals surface area contributed by atoms with Crippen molar-refractivity contribution >= 4 is 12.0 Å². The first-order valence-electron chi connectivity index (χ1n) is 11.5. The lowest BCUT2D eigenvalue weighted by molar-refractivity contribution is -1.01. The summed E-state index contributed by atoms with van der Waals surface area (Å²) >= 11 is 0. The van der Waals surface area contributed by atoms with Crippen molar-refractivity contribution in [2.24, 2.45) is 0 Å². The first kappa shape index (κ1) is 21.6. The Hall–Kier alpha value is -2.63. The van der Waals surface area contributed by atoms with Crippen molar-refractivity contribution in [1.29, 1.82) is 0 Å². The molecule has 164 valence electrons. The van der Waals surface area contributed by atoms with E-state index in [1.807, 2.05) is 18.2 Å². The second-order valence-electron chi connectivity index (χ2n) is 8.79. The molecule has 4 rings (SSSR count). The molecule has 0 aromatic heterocycles. The highest BCUT2D eigenvalue weighted by Crippen LogP contribution is 2.28. The summed E-state index contributed by atoms with van der Waals surface area (Å²) in [6, 6.07) is 19.0. The van der Waals surface area contributed by atoms with Crippen LogP contribution in [-0.4, -0.2) is 63.2 Å². The summed E-state index contributed by atoms with van der Waals surface area (Å²) in [7, 11) is 1.68. The SMILES string of the molecule is COc1ccc(CN(C(=O)C[NH+]2CC[NH+](C/C=C/c3ccccc3)CC2)C2CC2)cc1. The van der Waals surface area contributed by atoms with E-state index in [-0.39, 0.29) is 0 Å². The number of carbonyl (C=O) groups is 1. The van der Waals surface area contributed by atoms with Crippen LogP contribution in [0, 0.1) is 0 Å². The van der Waals surface area contributed by atoms with Crippen LogP contribution in [0.3, 0.4) is 0 Å².